The lowest BCUT2D eigenvalue weighted by Crippen LogP contribution is -2.26. The zero-order chi connectivity index (χ0) is 14.9. The molecular formula is C17H11F2NO. The molecule has 0 bridgehead atoms. The van der Waals surface area contributed by atoms with Crippen LogP contribution in [0.15, 0.2) is 66.9 Å². The molecule has 0 spiro atoms. The first kappa shape index (κ1) is 13.4. The second-order valence-electron chi connectivity index (χ2n) is 4.69. The number of fused-ring (bicyclic) bond motifs is 1. The van der Waals surface area contributed by atoms with Crippen LogP contribution in [0, 0.1) is 0 Å². The predicted molar refractivity (Wildman–Crippen MR) is 76.4 cm³/mol. The van der Waals surface area contributed by atoms with Gasteiger partial charge in [0.05, 0.1) is 5.52 Å². The summed E-state index contributed by atoms with van der Waals surface area (Å²) < 4.78 is 28.7. The molecule has 0 aliphatic rings. The Kier molecular flexibility index (Phi) is 3.22. The quantitative estimate of drug-likeness (QED) is 0.674. The summed E-state index contributed by atoms with van der Waals surface area (Å²) in [6, 6.07) is 15.8. The molecule has 2 aromatic carbocycles. The minimum Gasteiger partial charge on any atom is -0.287 e. The van der Waals surface area contributed by atoms with Gasteiger partial charge in [-0.05, 0) is 12.1 Å². The fourth-order valence-electron chi connectivity index (χ4n) is 2.14. The predicted octanol–water partition coefficient (Wildman–Crippen LogP) is 4.21. The molecule has 0 atom stereocenters. The molecule has 0 aliphatic heterocycles. The van der Waals surface area contributed by atoms with Gasteiger partial charge in [0.25, 0.3) is 0 Å². The van der Waals surface area contributed by atoms with Gasteiger partial charge >= 0.3 is 5.92 Å². The largest absolute Gasteiger partial charge is 0.336 e. The van der Waals surface area contributed by atoms with E-state index in [2.05, 4.69) is 4.98 Å². The Morgan fingerprint density at radius 3 is 2.38 bits per heavy atom. The lowest BCUT2D eigenvalue weighted by molar-refractivity contribution is 0.00732. The molecule has 1 aromatic heterocycles. The molecule has 2 nitrogen and oxygen atoms in total. The first-order chi connectivity index (χ1) is 10.1. The highest BCUT2D eigenvalue weighted by molar-refractivity contribution is 6.02. The van der Waals surface area contributed by atoms with Crippen molar-refractivity contribution in [3.8, 4) is 0 Å². The molecule has 0 saturated carbocycles. The van der Waals surface area contributed by atoms with E-state index in [1.54, 1.807) is 42.5 Å². The minimum absolute atomic E-state index is 0.0179. The maximum atomic E-state index is 14.4. The van der Waals surface area contributed by atoms with Crippen molar-refractivity contribution in [3.05, 3.63) is 78.0 Å². The molecule has 0 aliphatic carbocycles. The van der Waals surface area contributed by atoms with E-state index >= 15 is 0 Å². The molecule has 4 heteroatoms. The number of pyridine rings is 1. The van der Waals surface area contributed by atoms with Crippen molar-refractivity contribution in [1.82, 2.24) is 4.98 Å². The summed E-state index contributed by atoms with van der Waals surface area (Å²) in [5.74, 6) is -4.82. The lowest BCUT2D eigenvalue weighted by Gasteiger charge is -2.15. The summed E-state index contributed by atoms with van der Waals surface area (Å²) >= 11 is 0. The summed E-state index contributed by atoms with van der Waals surface area (Å²) in [5, 5.41) is 0.579. The van der Waals surface area contributed by atoms with Crippen molar-refractivity contribution in [3.63, 3.8) is 0 Å². The van der Waals surface area contributed by atoms with Crippen molar-refractivity contribution in [2.45, 2.75) is 5.92 Å². The molecule has 0 unspecified atom stereocenters. The zero-order valence-corrected chi connectivity index (χ0v) is 11.0. The second kappa shape index (κ2) is 5.05. The Morgan fingerprint density at radius 1 is 0.952 bits per heavy atom. The van der Waals surface area contributed by atoms with Gasteiger partial charge in [0.1, 0.15) is 0 Å². The highest BCUT2D eigenvalue weighted by atomic mass is 19.3. The monoisotopic (exact) mass is 283 g/mol. The van der Waals surface area contributed by atoms with E-state index in [4.69, 9.17) is 0 Å². The van der Waals surface area contributed by atoms with Crippen LogP contribution in [0.5, 0.6) is 0 Å². The number of carbonyl (C=O) groups excluding carboxylic acids is 1. The molecule has 0 amide bonds. The number of benzene rings is 2. The van der Waals surface area contributed by atoms with Gasteiger partial charge in [-0.1, -0.05) is 48.5 Å². The van der Waals surface area contributed by atoms with E-state index in [0.29, 0.717) is 10.9 Å². The van der Waals surface area contributed by atoms with E-state index in [9.17, 15) is 13.6 Å². The van der Waals surface area contributed by atoms with Gasteiger partial charge in [0.15, 0.2) is 0 Å². The number of rotatable bonds is 3. The van der Waals surface area contributed by atoms with Gasteiger partial charge in [0, 0.05) is 22.7 Å². The number of para-hydroxylation sites is 1. The maximum Gasteiger partial charge on any atom is 0.336 e. The number of nitrogens with zero attached hydrogens (tertiary/aromatic N) is 1. The smallest absolute Gasteiger partial charge is 0.287 e. The van der Waals surface area contributed by atoms with Gasteiger partial charge in [-0.15, -0.1) is 0 Å². The number of Topliss-reactive ketones (excluding diaryl/α,β-unsaturated/α-hetero) is 1. The third-order valence-corrected chi connectivity index (χ3v) is 3.27. The summed E-state index contributed by atoms with van der Waals surface area (Å²) in [4.78, 5) is 16.0. The Labute approximate surface area is 120 Å². The Hall–Kier alpha value is -2.62. The average Bonchev–Trinajstić information content (AvgIpc) is 2.54. The van der Waals surface area contributed by atoms with Crippen LogP contribution in [-0.4, -0.2) is 10.8 Å². The molecule has 21 heavy (non-hydrogen) atoms. The van der Waals surface area contributed by atoms with Gasteiger partial charge in [0.2, 0.25) is 5.78 Å². The summed E-state index contributed by atoms with van der Waals surface area (Å²) in [7, 11) is 0. The van der Waals surface area contributed by atoms with Crippen LogP contribution in [0.4, 0.5) is 8.78 Å². The minimum atomic E-state index is -3.60. The molecule has 104 valence electrons. The first-order valence-electron chi connectivity index (χ1n) is 6.42. The number of hydrogen-bond acceptors (Lipinski definition) is 2. The van der Waals surface area contributed by atoms with Crippen molar-refractivity contribution >= 4 is 16.7 Å². The third-order valence-electron chi connectivity index (χ3n) is 3.27. The maximum absolute atomic E-state index is 14.4. The van der Waals surface area contributed by atoms with Crippen molar-refractivity contribution in [1.29, 1.82) is 0 Å². The molecule has 0 saturated heterocycles. The van der Waals surface area contributed by atoms with Crippen LogP contribution in [0.25, 0.3) is 10.9 Å². The van der Waals surface area contributed by atoms with Crippen LogP contribution in [0.2, 0.25) is 0 Å². The van der Waals surface area contributed by atoms with Crippen LogP contribution in [-0.2, 0) is 5.92 Å². The first-order valence-corrected chi connectivity index (χ1v) is 6.42. The topological polar surface area (TPSA) is 30.0 Å². The van der Waals surface area contributed by atoms with Gasteiger partial charge in [-0.3, -0.25) is 9.78 Å². The van der Waals surface area contributed by atoms with Crippen LogP contribution < -0.4 is 0 Å². The zero-order valence-electron chi connectivity index (χ0n) is 11.0. The van der Waals surface area contributed by atoms with E-state index < -0.39 is 17.3 Å². The van der Waals surface area contributed by atoms with E-state index in [-0.39, 0.29) is 5.56 Å². The molecule has 1 heterocycles. The lowest BCUT2D eigenvalue weighted by atomic mass is 9.99. The fourth-order valence-corrected chi connectivity index (χ4v) is 2.14. The van der Waals surface area contributed by atoms with E-state index in [1.807, 2.05) is 0 Å². The van der Waals surface area contributed by atoms with Crippen LogP contribution >= 0.6 is 0 Å². The normalized spacial score (nSPS) is 11.5. The fraction of sp³-hybridized carbons (Fsp3) is 0.0588. The highest BCUT2D eigenvalue weighted by Crippen LogP contribution is 2.32. The van der Waals surface area contributed by atoms with Crippen molar-refractivity contribution in [2.75, 3.05) is 0 Å². The standard InChI is InChI=1S/C17H11F2NO/c18-17(19,16(21)12-6-2-1-3-7-12)14-10-13-8-4-5-9-15(13)20-11-14/h1-11H. The summed E-state index contributed by atoms with van der Waals surface area (Å²) in [6.07, 6.45) is 1.06. The number of aromatic nitrogens is 1. The van der Waals surface area contributed by atoms with Crippen LogP contribution in [0.3, 0.4) is 0 Å². The average molecular weight is 283 g/mol. The number of carbonyl (C=O) groups is 1. The number of ketones is 1. The number of alkyl halides is 2. The Bertz CT molecular complexity index is 800. The number of halogens is 2. The molecule has 0 fully saturated rings. The molecule has 0 radical (unpaired) electrons. The molecule has 3 aromatic rings. The number of hydrogen-bond donors (Lipinski definition) is 0. The molecule has 0 N–H and O–H groups in total. The van der Waals surface area contributed by atoms with Gasteiger partial charge < -0.3 is 0 Å². The van der Waals surface area contributed by atoms with Gasteiger partial charge in [-0.2, -0.15) is 8.78 Å². The van der Waals surface area contributed by atoms with Gasteiger partial charge in [-0.25, -0.2) is 0 Å². The third kappa shape index (κ3) is 2.40. The summed E-state index contributed by atoms with van der Waals surface area (Å²) in [5.41, 5.74) is 0.204. The van der Waals surface area contributed by atoms with E-state index in [0.717, 1.165) is 6.20 Å². The van der Waals surface area contributed by atoms with E-state index in [1.165, 1.54) is 18.2 Å². The summed E-state index contributed by atoms with van der Waals surface area (Å²) in [6.45, 7) is 0. The Balaban J connectivity index is 2.05. The van der Waals surface area contributed by atoms with Crippen molar-refractivity contribution in [2.24, 2.45) is 0 Å². The van der Waals surface area contributed by atoms with Crippen LogP contribution in [0.1, 0.15) is 15.9 Å². The second-order valence-corrected chi connectivity index (χ2v) is 4.69. The SMILES string of the molecule is O=C(c1ccccc1)C(F)(F)c1cnc2ccccc2c1. The highest BCUT2D eigenvalue weighted by Gasteiger charge is 2.41. The molecule has 3 rings (SSSR count). The van der Waals surface area contributed by atoms with Crippen molar-refractivity contribution < 1.29 is 13.6 Å². The molecular weight excluding hydrogens is 272 g/mol. The Morgan fingerprint density at radius 2 is 1.62 bits per heavy atom.